The maximum absolute atomic E-state index is 10.9. The molecule has 0 saturated carbocycles. The molecule has 0 aliphatic rings. The molecule has 1 aromatic rings. The fourth-order valence-electron chi connectivity index (χ4n) is 1.40. The summed E-state index contributed by atoms with van der Waals surface area (Å²) in [6.07, 6.45) is 0.947. The summed E-state index contributed by atoms with van der Waals surface area (Å²) in [4.78, 5) is 10.9. The Morgan fingerprint density at radius 2 is 2.06 bits per heavy atom. The molecule has 4 nitrogen and oxygen atoms in total. The Bertz CT molecular complexity index is 335. The number of hydrogen-bond acceptors (Lipinski definition) is 3. The molecule has 0 aromatic heterocycles. The number of carboxylic acids is 1. The summed E-state index contributed by atoms with van der Waals surface area (Å²) in [5, 5.41) is 8.93. The topological polar surface area (TPSA) is 72.5 Å². The lowest BCUT2D eigenvalue weighted by Crippen LogP contribution is -2.20. The number of carboxylic acid groups (broad SMARTS) is 1. The van der Waals surface area contributed by atoms with Crippen molar-refractivity contribution in [3.05, 3.63) is 29.8 Å². The molecule has 1 aromatic carbocycles. The van der Waals surface area contributed by atoms with Crippen LogP contribution in [0.1, 0.15) is 24.8 Å². The van der Waals surface area contributed by atoms with Crippen LogP contribution in [0.5, 0.6) is 5.75 Å². The Morgan fingerprint density at radius 3 is 2.50 bits per heavy atom. The highest BCUT2D eigenvalue weighted by Gasteiger charge is 2.17. The predicted molar refractivity (Wildman–Crippen MR) is 61.7 cm³/mol. The molecule has 16 heavy (non-hydrogen) atoms. The van der Waals surface area contributed by atoms with Gasteiger partial charge in [0.2, 0.25) is 0 Å². The van der Waals surface area contributed by atoms with Gasteiger partial charge in [-0.15, -0.1) is 0 Å². The normalized spacial score (nSPS) is 12.1. The molecule has 0 unspecified atom stereocenters. The van der Waals surface area contributed by atoms with E-state index in [0.717, 1.165) is 12.2 Å². The van der Waals surface area contributed by atoms with E-state index >= 15 is 0 Å². The highest BCUT2D eigenvalue weighted by molar-refractivity contribution is 5.76. The zero-order chi connectivity index (χ0) is 12.0. The molecule has 0 aliphatic heterocycles. The van der Waals surface area contributed by atoms with E-state index in [0.29, 0.717) is 12.2 Å². The number of nitrogens with two attached hydrogens (primary N) is 1. The van der Waals surface area contributed by atoms with Crippen molar-refractivity contribution in [1.29, 1.82) is 0 Å². The molecule has 1 atom stereocenters. The maximum Gasteiger partial charge on any atom is 0.312 e. The largest absolute Gasteiger partial charge is 0.494 e. The standard InChI is InChI=1S/C12H17NO3/c1-2-7-16-10-5-3-9(4-6-10)11(8-13)12(14)15/h3-6,11H,2,7-8,13H2,1H3,(H,14,15)/t11-/m0/s1. The highest BCUT2D eigenvalue weighted by atomic mass is 16.5. The van der Waals surface area contributed by atoms with Gasteiger partial charge >= 0.3 is 5.97 Å². The van der Waals surface area contributed by atoms with Crippen molar-refractivity contribution in [1.82, 2.24) is 0 Å². The molecule has 0 radical (unpaired) electrons. The molecule has 0 fully saturated rings. The second-order valence-electron chi connectivity index (χ2n) is 3.54. The molecule has 88 valence electrons. The van der Waals surface area contributed by atoms with Gasteiger partial charge in [-0.3, -0.25) is 4.79 Å². The Kier molecular flexibility index (Phi) is 4.79. The minimum absolute atomic E-state index is 0.102. The Balaban J connectivity index is 2.73. The molecule has 4 heteroatoms. The fourth-order valence-corrected chi connectivity index (χ4v) is 1.40. The summed E-state index contributed by atoms with van der Waals surface area (Å²) >= 11 is 0. The average molecular weight is 223 g/mol. The van der Waals surface area contributed by atoms with Gasteiger partial charge in [-0.1, -0.05) is 19.1 Å². The van der Waals surface area contributed by atoms with Gasteiger partial charge in [0.15, 0.2) is 0 Å². The van der Waals surface area contributed by atoms with Crippen molar-refractivity contribution in [3.8, 4) is 5.75 Å². The lowest BCUT2D eigenvalue weighted by atomic mass is 9.99. The molecule has 0 amide bonds. The van der Waals surface area contributed by atoms with E-state index in [2.05, 4.69) is 0 Å². The van der Waals surface area contributed by atoms with Crippen LogP contribution in [0, 0.1) is 0 Å². The van der Waals surface area contributed by atoms with Crippen molar-refractivity contribution in [2.24, 2.45) is 5.73 Å². The van der Waals surface area contributed by atoms with Gasteiger partial charge in [-0.2, -0.15) is 0 Å². The number of carbonyl (C=O) groups is 1. The molecule has 1 rings (SSSR count). The van der Waals surface area contributed by atoms with Gasteiger partial charge in [-0.25, -0.2) is 0 Å². The predicted octanol–water partition coefficient (Wildman–Crippen LogP) is 1.60. The van der Waals surface area contributed by atoms with Crippen LogP contribution in [0.15, 0.2) is 24.3 Å². The minimum Gasteiger partial charge on any atom is -0.494 e. The molecule has 0 bridgehead atoms. The van der Waals surface area contributed by atoms with Gasteiger partial charge in [0, 0.05) is 6.54 Å². The van der Waals surface area contributed by atoms with Crippen LogP contribution in [-0.4, -0.2) is 24.2 Å². The number of aliphatic carboxylic acids is 1. The zero-order valence-electron chi connectivity index (χ0n) is 9.35. The summed E-state index contributed by atoms with van der Waals surface area (Å²) in [6, 6.07) is 7.04. The molecule has 0 aliphatic carbocycles. The third-order valence-corrected chi connectivity index (χ3v) is 2.29. The monoisotopic (exact) mass is 223 g/mol. The van der Waals surface area contributed by atoms with Gasteiger partial charge in [0.05, 0.1) is 12.5 Å². The third kappa shape index (κ3) is 3.24. The first-order valence-electron chi connectivity index (χ1n) is 5.34. The van der Waals surface area contributed by atoms with Gasteiger partial charge in [0.1, 0.15) is 5.75 Å². The number of rotatable bonds is 6. The van der Waals surface area contributed by atoms with Crippen LogP contribution < -0.4 is 10.5 Å². The van der Waals surface area contributed by atoms with Crippen molar-refractivity contribution in [2.75, 3.05) is 13.2 Å². The summed E-state index contributed by atoms with van der Waals surface area (Å²) < 4.78 is 5.41. The van der Waals surface area contributed by atoms with E-state index < -0.39 is 11.9 Å². The molecule has 3 N–H and O–H groups in total. The summed E-state index contributed by atoms with van der Waals surface area (Å²) in [5.74, 6) is -0.781. The fraction of sp³-hybridized carbons (Fsp3) is 0.417. The van der Waals surface area contributed by atoms with Crippen LogP contribution in [0.4, 0.5) is 0 Å². The quantitative estimate of drug-likeness (QED) is 0.768. The Labute approximate surface area is 95.0 Å². The zero-order valence-corrected chi connectivity index (χ0v) is 9.35. The molecular formula is C12H17NO3. The highest BCUT2D eigenvalue weighted by Crippen LogP contribution is 2.19. The maximum atomic E-state index is 10.9. The number of ether oxygens (including phenoxy) is 1. The van der Waals surface area contributed by atoms with Crippen LogP contribution >= 0.6 is 0 Å². The van der Waals surface area contributed by atoms with Crippen molar-refractivity contribution < 1.29 is 14.6 Å². The van der Waals surface area contributed by atoms with E-state index in [1.165, 1.54) is 0 Å². The van der Waals surface area contributed by atoms with E-state index in [1.54, 1.807) is 24.3 Å². The lowest BCUT2D eigenvalue weighted by Gasteiger charge is -2.11. The van der Waals surface area contributed by atoms with Crippen LogP contribution in [-0.2, 0) is 4.79 Å². The van der Waals surface area contributed by atoms with E-state index in [9.17, 15) is 4.79 Å². The molecule has 0 spiro atoms. The van der Waals surface area contributed by atoms with Gasteiger partial charge < -0.3 is 15.6 Å². The Hall–Kier alpha value is -1.55. The first kappa shape index (κ1) is 12.5. The molecular weight excluding hydrogens is 206 g/mol. The van der Waals surface area contributed by atoms with Gasteiger partial charge in [-0.05, 0) is 24.1 Å². The average Bonchev–Trinajstić information content (AvgIpc) is 2.28. The van der Waals surface area contributed by atoms with Crippen molar-refractivity contribution in [2.45, 2.75) is 19.3 Å². The second-order valence-corrected chi connectivity index (χ2v) is 3.54. The van der Waals surface area contributed by atoms with E-state index in [4.69, 9.17) is 15.6 Å². The van der Waals surface area contributed by atoms with Crippen LogP contribution in [0.25, 0.3) is 0 Å². The summed E-state index contributed by atoms with van der Waals surface area (Å²) in [6.45, 7) is 2.80. The van der Waals surface area contributed by atoms with Crippen molar-refractivity contribution >= 4 is 5.97 Å². The van der Waals surface area contributed by atoms with E-state index in [1.807, 2.05) is 6.92 Å². The SMILES string of the molecule is CCCOc1ccc([C@H](CN)C(=O)O)cc1. The van der Waals surface area contributed by atoms with Crippen LogP contribution in [0.3, 0.4) is 0 Å². The molecule has 0 heterocycles. The number of hydrogen-bond donors (Lipinski definition) is 2. The summed E-state index contributed by atoms with van der Waals surface area (Å²) in [5.41, 5.74) is 6.12. The number of benzene rings is 1. The molecule has 0 saturated heterocycles. The van der Waals surface area contributed by atoms with Crippen molar-refractivity contribution in [3.63, 3.8) is 0 Å². The third-order valence-electron chi connectivity index (χ3n) is 2.29. The Morgan fingerprint density at radius 1 is 1.44 bits per heavy atom. The van der Waals surface area contributed by atoms with Gasteiger partial charge in [0.25, 0.3) is 0 Å². The second kappa shape index (κ2) is 6.12. The van der Waals surface area contributed by atoms with E-state index in [-0.39, 0.29) is 6.54 Å². The smallest absolute Gasteiger partial charge is 0.312 e. The lowest BCUT2D eigenvalue weighted by molar-refractivity contribution is -0.138. The summed E-state index contributed by atoms with van der Waals surface area (Å²) in [7, 11) is 0. The van der Waals surface area contributed by atoms with Crippen LogP contribution in [0.2, 0.25) is 0 Å². The minimum atomic E-state index is -0.898. The first-order chi connectivity index (χ1) is 7.69. The first-order valence-corrected chi connectivity index (χ1v) is 5.34.